The molecule has 2 amide bonds. The minimum Gasteiger partial charge on any atom is -0.349 e. The molecule has 1 aliphatic carbocycles. The maximum Gasteiger partial charge on any atom is 0.231 e. The molecular formula is C20H21BrN2O2. The van der Waals surface area contributed by atoms with Crippen molar-refractivity contribution in [3.63, 3.8) is 0 Å². The van der Waals surface area contributed by atoms with Crippen LogP contribution < -0.4 is 10.6 Å². The molecule has 0 bridgehead atoms. The van der Waals surface area contributed by atoms with Gasteiger partial charge in [0.1, 0.15) is 0 Å². The molecule has 1 saturated carbocycles. The summed E-state index contributed by atoms with van der Waals surface area (Å²) in [5.74, 6) is -0.0479. The van der Waals surface area contributed by atoms with E-state index in [-0.39, 0.29) is 17.9 Å². The van der Waals surface area contributed by atoms with Gasteiger partial charge in [0.25, 0.3) is 0 Å². The third-order valence-electron chi connectivity index (χ3n) is 4.64. The Morgan fingerprint density at radius 2 is 1.80 bits per heavy atom. The summed E-state index contributed by atoms with van der Waals surface area (Å²) in [6, 6.07) is 15.4. The zero-order valence-corrected chi connectivity index (χ0v) is 15.9. The summed E-state index contributed by atoms with van der Waals surface area (Å²) in [7, 11) is 0. The van der Waals surface area contributed by atoms with Crippen molar-refractivity contribution < 1.29 is 9.59 Å². The van der Waals surface area contributed by atoms with Gasteiger partial charge in [-0.25, -0.2) is 0 Å². The second-order valence-electron chi connectivity index (χ2n) is 6.59. The molecule has 4 nitrogen and oxygen atoms in total. The lowest BCUT2D eigenvalue weighted by Gasteiger charge is -2.21. The number of carbonyl (C=O) groups is 2. The number of amides is 2. The lowest BCUT2D eigenvalue weighted by atomic mass is 9.94. The standard InChI is InChI=1S/C20H21BrN2O2/c1-13(15-4-3-5-18(12-15)23-14(2)24)22-19(25)20(10-11-20)16-6-8-17(21)9-7-16/h3-9,12-13H,10-11H2,1-2H3,(H,22,25)(H,23,24). The first-order chi connectivity index (χ1) is 11.9. The van der Waals surface area contributed by atoms with Crippen molar-refractivity contribution in [3.8, 4) is 0 Å². The first kappa shape index (κ1) is 17.7. The topological polar surface area (TPSA) is 58.2 Å². The van der Waals surface area contributed by atoms with Gasteiger partial charge in [0.15, 0.2) is 0 Å². The molecule has 2 aromatic rings. The van der Waals surface area contributed by atoms with Crippen molar-refractivity contribution >= 4 is 33.4 Å². The van der Waals surface area contributed by atoms with Crippen molar-refractivity contribution in [1.82, 2.24) is 5.32 Å². The number of halogens is 1. The van der Waals surface area contributed by atoms with E-state index in [1.165, 1.54) is 6.92 Å². The number of anilines is 1. The molecule has 2 N–H and O–H groups in total. The maximum absolute atomic E-state index is 12.9. The Morgan fingerprint density at radius 1 is 1.12 bits per heavy atom. The predicted octanol–water partition coefficient (Wildman–Crippen LogP) is 4.32. The Bertz CT molecular complexity index is 798. The molecule has 2 aromatic carbocycles. The molecule has 0 aliphatic heterocycles. The smallest absolute Gasteiger partial charge is 0.231 e. The van der Waals surface area contributed by atoms with Gasteiger partial charge in [0.05, 0.1) is 11.5 Å². The molecule has 130 valence electrons. The van der Waals surface area contributed by atoms with E-state index in [0.717, 1.165) is 34.1 Å². The average molecular weight is 401 g/mol. The second kappa shape index (κ2) is 7.00. The van der Waals surface area contributed by atoms with Crippen LogP contribution in [0.1, 0.15) is 43.9 Å². The van der Waals surface area contributed by atoms with Gasteiger partial charge in [-0.2, -0.15) is 0 Å². The number of hydrogen-bond donors (Lipinski definition) is 2. The van der Waals surface area contributed by atoms with Gasteiger partial charge >= 0.3 is 0 Å². The number of carbonyl (C=O) groups excluding carboxylic acids is 2. The molecule has 1 atom stereocenters. The molecule has 1 fully saturated rings. The van der Waals surface area contributed by atoms with Gasteiger partial charge < -0.3 is 10.6 Å². The minimum absolute atomic E-state index is 0.0623. The van der Waals surface area contributed by atoms with E-state index in [4.69, 9.17) is 0 Å². The summed E-state index contributed by atoms with van der Waals surface area (Å²) in [4.78, 5) is 24.1. The van der Waals surface area contributed by atoms with Gasteiger partial charge in [0.2, 0.25) is 11.8 Å². The number of benzene rings is 2. The molecule has 0 radical (unpaired) electrons. The van der Waals surface area contributed by atoms with Crippen LogP contribution in [-0.2, 0) is 15.0 Å². The van der Waals surface area contributed by atoms with Crippen molar-refractivity contribution in [2.75, 3.05) is 5.32 Å². The Labute approximate surface area is 156 Å². The summed E-state index contributed by atoms with van der Waals surface area (Å²) < 4.78 is 1.01. The highest BCUT2D eigenvalue weighted by Gasteiger charge is 2.51. The lowest BCUT2D eigenvalue weighted by Crippen LogP contribution is -2.36. The number of rotatable bonds is 5. The molecule has 5 heteroatoms. The third kappa shape index (κ3) is 3.93. The van der Waals surface area contributed by atoms with Gasteiger partial charge in [-0.1, -0.05) is 40.2 Å². The van der Waals surface area contributed by atoms with Crippen LogP contribution >= 0.6 is 15.9 Å². The monoisotopic (exact) mass is 400 g/mol. The fourth-order valence-corrected chi connectivity index (χ4v) is 3.31. The first-order valence-corrected chi connectivity index (χ1v) is 9.14. The zero-order chi connectivity index (χ0) is 18.0. The summed E-state index contributed by atoms with van der Waals surface area (Å²) >= 11 is 3.43. The van der Waals surface area contributed by atoms with Crippen molar-refractivity contribution in [3.05, 3.63) is 64.1 Å². The molecular weight excluding hydrogens is 380 g/mol. The molecule has 0 saturated heterocycles. The van der Waals surface area contributed by atoms with Crippen LogP contribution in [0.15, 0.2) is 53.0 Å². The van der Waals surface area contributed by atoms with Gasteiger partial charge in [-0.15, -0.1) is 0 Å². The second-order valence-corrected chi connectivity index (χ2v) is 7.51. The summed E-state index contributed by atoms with van der Waals surface area (Å²) in [5, 5.41) is 5.90. The van der Waals surface area contributed by atoms with Crippen LogP contribution in [0, 0.1) is 0 Å². The van der Waals surface area contributed by atoms with E-state index in [9.17, 15) is 9.59 Å². The number of nitrogens with one attached hydrogen (secondary N) is 2. The van der Waals surface area contributed by atoms with E-state index < -0.39 is 5.41 Å². The average Bonchev–Trinajstić information content (AvgIpc) is 3.37. The van der Waals surface area contributed by atoms with Crippen LogP contribution in [0.2, 0.25) is 0 Å². The minimum atomic E-state index is -0.399. The molecule has 3 rings (SSSR count). The zero-order valence-electron chi connectivity index (χ0n) is 14.3. The summed E-state index contributed by atoms with van der Waals surface area (Å²) in [6.07, 6.45) is 1.75. The van der Waals surface area contributed by atoms with Crippen LogP contribution in [0.3, 0.4) is 0 Å². The van der Waals surface area contributed by atoms with Crippen LogP contribution in [0.4, 0.5) is 5.69 Å². The Kier molecular flexibility index (Phi) is 4.95. The largest absolute Gasteiger partial charge is 0.349 e. The van der Waals surface area contributed by atoms with Gasteiger partial charge in [-0.05, 0) is 55.2 Å². The SMILES string of the molecule is CC(=O)Nc1cccc(C(C)NC(=O)C2(c3ccc(Br)cc3)CC2)c1. The third-order valence-corrected chi connectivity index (χ3v) is 5.16. The van der Waals surface area contributed by atoms with E-state index >= 15 is 0 Å². The maximum atomic E-state index is 12.9. The Balaban J connectivity index is 1.72. The molecule has 1 aliphatic rings. The highest BCUT2D eigenvalue weighted by molar-refractivity contribution is 9.10. The first-order valence-electron chi connectivity index (χ1n) is 8.35. The Morgan fingerprint density at radius 3 is 2.40 bits per heavy atom. The summed E-state index contributed by atoms with van der Waals surface area (Å²) in [5.41, 5.74) is 2.36. The normalized spacial score (nSPS) is 16.0. The highest BCUT2D eigenvalue weighted by atomic mass is 79.9. The van der Waals surface area contributed by atoms with E-state index in [0.29, 0.717) is 0 Å². The van der Waals surface area contributed by atoms with Crippen molar-refractivity contribution in [2.45, 2.75) is 38.1 Å². The molecule has 0 aromatic heterocycles. The highest BCUT2D eigenvalue weighted by Crippen LogP contribution is 2.48. The lowest BCUT2D eigenvalue weighted by molar-refractivity contribution is -0.124. The van der Waals surface area contributed by atoms with Crippen LogP contribution in [-0.4, -0.2) is 11.8 Å². The fraction of sp³-hybridized carbons (Fsp3) is 0.300. The molecule has 25 heavy (non-hydrogen) atoms. The Hall–Kier alpha value is -2.14. The molecule has 1 unspecified atom stereocenters. The predicted molar refractivity (Wildman–Crippen MR) is 102 cm³/mol. The molecule has 0 spiro atoms. The van der Waals surface area contributed by atoms with E-state index in [1.807, 2.05) is 55.5 Å². The van der Waals surface area contributed by atoms with Crippen molar-refractivity contribution in [2.24, 2.45) is 0 Å². The van der Waals surface area contributed by atoms with Crippen molar-refractivity contribution in [1.29, 1.82) is 0 Å². The van der Waals surface area contributed by atoms with Crippen LogP contribution in [0.5, 0.6) is 0 Å². The molecule has 0 heterocycles. The van der Waals surface area contributed by atoms with E-state index in [2.05, 4.69) is 26.6 Å². The van der Waals surface area contributed by atoms with Crippen LogP contribution in [0.25, 0.3) is 0 Å². The number of hydrogen-bond acceptors (Lipinski definition) is 2. The van der Waals surface area contributed by atoms with Gasteiger partial charge in [-0.3, -0.25) is 9.59 Å². The quantitative estimate of drug-likeness (QED) is 0.784. The van der Waals surface area contributed by atoms with E-state index in [1.54, 1.807) is 0 Å². The summed E-state index contributed by atoms with van der Waals surface area (Å²) in [6.45, 7) is 3.44. The van der Waals surface area contributed by atoms with Gasteiger partial charge in [0, 0.05) is 17.1 Å². The fourth-order valence-electron chi connectivity index (χ4n) is 3.05.